The Kier molecular flexibility index (Phi) is 5.53. The zero-order valence-corrected chi connectivity index (χ0v) is 15.1. The molecular formula is C19H18NO3S2. The molecule has 6 heteroatoms. The van der Waals surface area contributed by atoms with Crippen molar-refractivity contribution in [3.05, 3.63) is 84.1 Å². The highest BCUT2D eigenvalue weighted by Gasteiger charge is 2.15. The molecule has 0 fully saturated rings. The van der Waals surface area contributed by atoms with E-state index in [1.807, 2.05) is 54.6 Å². The summed E-state index contributed by atoms with van der Waals surface area (Å²) in [5.41, 5.74) is 1.03. The molecule has 1 radical (unpaired) electrons. The lowest BCUT2D eigenvalue weighted by Gasteiger charge is -2.07. The lowest BCUT2D eigenvalue weighted by molar-refractivity contribution is 0.482. The standard InChI is InChI=1S/C19H18NO3S2/c1-15-7-12-19(24-15)25(21,22)20-14-13-16-8-10-18(11-9-16)23-17-5-3-2-4-6-17/h2-12,20H,1,13-14H2. The Morgan fingerprint density at radius 3 is 2.24 bits per heavy atom. The van der Waals surface area contributed by atoms with Crippen molar-refractivity contribution in [2.45, 2.75) is 10.6 Å². The first-order valence-corrected chi connectivity index (χ1v) is 10.1. The van der Waals surface area contributed by atoms with Crippen LogP contribution in [0.3, 0.4) is 0 Å². The van der Waals surface area contributed by atoms with Crippen molar-refractivity contribution >= 4 is 21.4 Å². The second kappa shape index (κ2) is 7.82. The van der Waals surface area contributed by atoms with E-state index in [0.29, 0.717) is 17.2 Å². The summed E-state index contributed by atoms with van der Waals surface area (Å²) in [5.74, 6) is 1.53. The molecule has 1 aromatic heterocycles. The average molecular weight is 372 g/mol. The fraction of sp³-hybridized carbons (Fsp3) is 0.105. The summed E-state index contributed by atoms with van der Waals surface area (Å²) < 4.78 is 32.9. The third kappa shape index (κ3) is 4.92. The van der Waals surface area contributed by atoms with Crippen molar-refractivity contribution in [1.29, 1.82) is 0 Å². The van der Waals surface area contributed by atoms with Gasteiger partial charge in [0, 0.05) is 11.4 Å². The number of ether oxygens (including phenoxy) is 1. The third-order valence-corrected chi connectivity index (χ3v) is 6.40. The van der Waals surface area contributed by atoms with Crippen LogP contribution < -0.4 is 9.46 Å². The maximum atomic E-state index is 12.1. The third-order valence-electron chi connectivity index (χ3n) is 3.51. The molecule has 4 nitrogen and oxygen atoms in total. The summed E-state index contributed by atoms with van der Waals surface area (Å²) in [4.78, 5) is 0.731. The zero-order chi connectivity index (χ0) is 17.7. The molecule has 3 aromatic rings. The van der Waals surface area contributed by atoms with E-state index in [4.69, 9.17) is 4.74 Å². The fourth-order valence-electron chi connectivity index (χ4n) is 2.25. The molecule has 0 aliphatic carbocycles. The highest BCUT2D eigenvalue weighted by Crippen LogP contribution is 2.22. The molecule has 0 aliphatic heterocycles. The Balaban J connectivity index is 1.54. The first kappa shape index (κ1) is 17.7. The highest BCUT2D eigenvalue weighted by atomic mass is 32.2. The minimum Gasteiger partial charge on any atom is -0.457 e. The number of sulfonamides is 1. The van der Waals surface area contributed by atoms with E-state index in [1.165, 1.54) is 11.3 Å². The van der Waals surface area contributed by atoms with Crippen LogP contribution in [0.25, 0.3) is 0 Å². The van der Waals surface area contributed by atoms with Gasteiger partial charge in [0.15, 0.2) is 0 Å². The number of para-hydroxylation sites is 1. The summed E-state index contributed by atoms with van der Waals surface area (Å²) in [5, 5.41) is 0. The SMILES string of the molecule is [CH2]c1ccc(S(=O)(=O)NCCc2ccc(Oc3ccccc3)cc2)s1. The van der Waals surface area contributed by atoms with Crippen LogP contribution in [0.4, 0.5) is 0 Å². The number of hydrogen-bond acceptors (Lipinski definition) is 4. The molecule has 2 aromatic carbocycles. The Hall–Kier alpha value is -2.15. The van der Waals surface area contributed by atoms with E-state index >= 15 is 0 Å². The molecule has 0 unspecified atom stereocenters. The normalized spacial score (nSPS) is 11.4. The Morgan fingerprint density at radius 2 is 1.60 bits per heavy atom. The molecule has 0 saturated heterocycles. The second-order valence-corrected chi connectivity index (χ2v) is 8.59. The number of thiophene rings is 1. The maximum absolute atomic E-state index is 12.1. The summed E-state index contributed by atoms with van der Waals surface area (Å²) in [7, 11) is -3.45. The van der Waals surface area contributed by atoms with Gasteiger partial charge in [-0.25, -0.2) is 13.1 Å². The molecule has 0 spiro atoms. The highest BCUT2D eigenvalue weighted by molar-refractivity contribution is 7.91. The van der Waals surface area contributed by atoms with Gasteiger partial charge in [0.05, 0.1) is 0 Å². The Morgan fingerprint density at radius 1 is 0.920 bits per heavy atom. The first-order valence-electron chi connectivity index (χ1n) is 7.76. The van der Waals surface area contributed by atoms with Crippen molar-refractivity contribution in [2.24, 2.45) is 0 Å². The predicted molar refractivity (Wildman–Crippen MR) is 101 cm³/mol. The van der Waals surface area contributed by atoms with Crippen LogP contribution in [-0.4, -0.2) is 15.0 Å². The molecule has 0 bridgehead atoms. The summed E-state index contributed by atoms with van der Waals surface area (Å²) >= 11 is 1.17. The molecule has 129 valence electrons. The number of nitrogens with one attached hydrogen (secondary N) is 1. The van der Waals surface area contributed by atoms with Crippen LogP contribution in [-0.2, 0) is 16.4 Å². The van der Waals surface area contributed by atoms with Gasteiger partial charge in [0.25, 0.3) is 0 Å². The van der Waals surface area contributed by atoms with E-state index in [0.717, 1.165) is 21.9 Å². The Labute approximate surface area is 152 Å². The lowest BCUT2D eigenvalue weighted by atomic mass is 10.1. The van der Waals surface area contributed by atoms with Gasteiger partial charge in [0.2, 0.25) is 10.0 Å². The van der Waals surface area contributed by atoms with Crippen molar-refractivity contribution < 1.29 is 13.2 Å². The summed E-state index contributed by atoms with van der Waals surface area (Å²) in [6.45, 7) is 4.07. The number of hydrogen-bond donors (Lipinski definition) is 1. The number of rotatable bonds is 7. The van der Waals surface area contributed by atoms with E-state index in [-0.39, 0.29) is 0 Å². The van der Waals surface area contributed by atoms with Crippen LogP contribution in [0, 0.1) is 6.92 Å². The van der Waals surface area contributed by atoms with Crippen LogP contribution in [0.15, 0.2) is 70.9 Å². The lowest BCUT2D eigenvalue weighted by Crippen LogP contribution is -2.25. The van der Waals surface area contributed by atoms with Crippen molar-refractivity contribution in [1.82, 2.24) is 4.72 Å². The van der Waals surface area contributed by atoms with Crippen LogP contribution in [0.5, 0.6) is 11.5 Å². The minimum atomic E-state index is -3.45. The maximum Gasteiger partial charge on any atom is 0.250 e. The van der Waals surface area contributed by atoms with Crippen molar-refractivity contribution in [3.63, 3.8) is 0 Å². The van der Waals surface area contributed by atoms with Gasteiger partial charge in [-0.15, -0.1) is 11.3 Å². The summed E-state index contributed by atoms with van der Waals surface area (Å²) in [6.07, 6.45) is 0.605. The van der Waals surface area contributed by atoms with Crippen molar-refractivity contribution in [2.75, 3.05) is 6.54 Å². The van der Waals surface area contributed by atoms with Gasteiger partial charge in [-0.05, 0) is 55.3 Å². The van der Waals surface area contributed by atoms with Gasteiger partial charge in [-0.2, -0.15) is 0 Å². The smallest absolute Gasteiger partial charge is 0.250 e. The quantitative estimate of drug-likeness (QED) is 0.675. The number of benzene rings is 2. The first-order chi connectivity index (χ1) is 12.0. The van der Waals surface area contributed by atoms with E-state index in [1.54, 1.807) is 12.1 Å². The fourth-order valence-corrected chi connectivity index (χ4v) is 4.48. The van der Waals surface area contributed by atoms with Gasteiger partial charge >= 0.3 is 0 Å². The molecule has 0 atom stereocenters. The monoisotopic (exact) mass is 372 g/mol. The topological polar surface area (TPSA) is 55.4 Å². The Bertz CT molecular complexity index is 917. The van der Waals surface area contributed by atoms with Gasteiger partial charge < -0.3 is 4.74 Å². The van der Waals surface area contributed by atoms with Crippen LogP contribution in [0.2, 0.25) is 0 Å². The van der Waals surface area contributed by atoms with E-state index in [2.05, 4.69) is 11.6 Å². The molecule has 3 rings (SSSR count). The van der Waals surface area contributed by atoms with Gasteiger partial charge in [0.1, 0.15) is 15.7 Å². The average Bonchev–Trinajstić information content (AvgIpc) is 3.05. The molecule has 1 N–H and O–H groups in total. The molecule has 0 aliphatic rings. The molecule has 1 heterocycles. The van der Waals surface area contributed by atoms with Gasteiger partial charge in [-0.1, -0.05) is 30.3 Å². The van der Waals surface area contributed by atoms with E-state index in [9.17, 15) is 8.42 Å². The second-order valence-electron chi connectivity index (χ2n) is 5.43. The molecular weight excluding hydrogens is 354 g/mol. The zero-order valence-electron chi connectivity index (χ0n) is 13.5. The van der Waals surface area contributed by atoms with Crippen molar-refractivity contribution in [3.8, 4) is 11.5 Å². The minimum absolute atomic E-state index is 0.295. The van der Waals surface area contributed by atoms with E-state index < -0.39 is 10.0 Å². The van der Waals surface area contributed by atoms with Gasteiger partial charge in [-0.3, -0.25) is 0 Å². The van der Waals surface area contributed by atoms with Crippen LogP contribution >= 0.6 is 11.3 Å². The molecule has 25 heavy (non-hydrogen) atoms. The molecule has 0 amide bonds. The predicted octanol–water partition coefficient (Wildman–Crippen LogP) is 4.24. The summed E-state index contributed by atoms with van der Waals surface area (Å²) in [6, 6.07) is 20.5. The largest absolute Gasteiger partial charge is 0.457 e. The molecule has 0 saturated carbocycles. The van der Waals surface area contributed by atoms with Crippen LogP contribution in [0.1, 0.15) is 10.4 Å².